The molecule has 1 atom stereocenters. The van der Waals surface area contributed by atoms with E-state index in [2.05, 4.69) is 5.10 Å². The maximum Gasteiger partial charge on any atom is 0.333 e. The van der Waals surface area contributed by atoms with Crippen LogP contribution in [0.4, 0.5) is 15.9 Å². The summed E-state index contributed by atoms with van der Waals surface area (Å²) in [5, 5.41) is 15.0. The second-order valence-electron chi connectivity index (χ2n) is 4.55. The Hall–Kier alpha value is -2.64. The van der Waals surface area contributed by atoms with Crippen molar-refractivity contribution >= 4 is 11.5 Å². The minimum atomic E-state index is -0.645. The molecule has 7 nitrogen and oxygen atoms in total. The highest BCUT2D eigenvalue weighted by Gasteiger charge is 2.28. The first-order valence-electron chi connectivity index (χ1n) is 6.19. The van der Waals surface area contributed by atoms with E-state index in [0.717, 1.165) is 0 Å². The molecule has 1 unspecified atom stereocenters. The fourth-order valence-electron chi connectivity index (χ4n) is 2.30. The lowest BCUT2D eigenvalue weighted by molar-refractivity contribution is -0.384. The molecule has 2 N–H and O–H groups in total. The average Bonchev–Trinajstić information content (AvgIpc) is 2.72. The van der Waals surface area contributed by atoms with Crippen molar-refractivity contribution in [1.29, 1.82) is 0 Å². The number of halogens is 1. The van der Waals surface area contributed by atoms with E-state index in [9.17, 15) is 14.5 Å². The molecule has 0 aliphatic heterocycles. The van der Waals surface area contributed by atoms with Gasteiger partial charge in [0, 0.05) is 0 Å². The van der Waals surface area contributed by atoms with Crippen molar-refractivity contribution in [3.05, 3.63) is 45.4 Å². The van der Waals surface area contributed by atoms with Gasteiger partial charge in [-0.05, 0) is 26.0 Å². The van der Waals surface area contributed by atoms with Crippen molar-refractivity contribution in [2.24, 2.45) is 0 Å². The second-order valence-corrected chi connectivity index (χ2v) is 4.55. The number of rotatable bonds is 4. The predicted molar refractivity (Wildman–Crippen MR) is 74.8 cm³/mol. The highest BCUT2D eigenvalue weighted by molar-refractivity contribution is 5.57. The van der Waals surface area contributed by atoms with Crippen LogP contribution in [0.5, 0.6) is 5.75 Å². The number of nitrogens with two attached hydrogens (primary N) is 1. The SMILES string of the molecule is COc1cccc(F)c1C(C)n1nc(C)c([N+](=O)[O-])c1N. The molecule has 1 aromatic heterocycles. The molecule has 8 heteroatoms. The first-order chi connectivity index (χ1) is 9.88. The van der Waals surface area contributed by atoms with Gasteiger partial charge in [-0.3, -0.25) is 10.1 Å². The standard InChI is InChI=1S/C13H15FN4O3/c1-7-12(18(19)20)13(15)17(16-7)8(2)11-9(14)5-4-6-10(11)21-3/h4-6,8H,15H2,1-3H3. The van der Waals surface area contributed by atoms with Crippen LogP contribution in [0, 0.1) is 22.9 Å². The summed E-state index contributed by atoms with van der Waals surface area (Å²) in [7, 11) is 1.42. The third-order valence-corrected chi connectivity index (χ3v) is 3.29. The average molecular weight is 294 g/mol. The zero-order valence-electron chi connectivity index (χ0n) is 11.8. The monoisotopic (exact) mass is 294 g/mol. The Morgan fingerprint density at radius 1 is 1.52 bits per heavy atom. The number of methoxy groups -OCH3 is 1. The molecule has 2 aromatic rings. The quantitative estimate of drug-likeness (QED) is 0.690. The van der Waals surface area contributed by atoms with Crippen molar-refractivity contribution in [3.63, 3.8) is 0 Å². The van der Waals surface area contributed by atoms with Gasteiger partial charge in [0.05, 0.1) is 23.6 Å². The van der Waals surface area contributed by atoms with E-state index in [4.69, 9.17) is 10.5 Å². The molecule has 0 saturated heterocycles. The van der Waals surface area contributed by atoms with Crippen molar-refractivity contribution in [3.8, 4) is 5.75 Å². The van der Waals surface area contributed by atoms with Gasteiger partial charge in [0.2, 0.25) is 5.82 Å². The summed E-state index contributed by atoms with van der Waals surface area (Å²) >= 11 is 0. The predicted octanol–water partition coefficient (Wildman–Crippen LogP) is 2.44. The van der Waals surface area contributed by atoms with Crippen LogP contribution in [0.25, 0.3) is 0 Å². The van der Waals surface area contributed by atoms with Crippen molar-refractivity contribution in [1.82, 2.24) is 9.78 Å². The van der Waals surface area contributed by atoms with Gasteiger partial charge in [0.15, 0.2) is 0 Å². The number of anilines is 1. The number of aryl methyl sites for hydroxylation is 1. The summed E-state index contributed by atoms with van der Waals surface area (Å²) in [6, 6.07) is 3.77. The Kier molecular flexibility index (Phi) is 3.79. The number of nitro groups is 1. The molecule has 0 fully saturated rings. The van der Waals surface area contributed by atoms with E-state index in [1.165, 1.54) is 30.8 Å². The Balaban J connectivity index is 2.59. The Morgan fingerprint density at radius 2 is 2.19 bits per heavy atom. The van der Waals surface area contributed by atoms with Crippen LogP contribution in [0.3, 0.4) is 0 Å². The number of ether oxygens (including phenoxy) is 1. The van der Waals surface area contributed by atoms with Crippen LogP contribution in [-0.4, -0.2) is 21.8 Å². The summed E-state index contributed by atoms with van der Waals surface area (Å²) in [5.74, 6) is -0.273. The molecular weight excluding hydrogens is 279 g/mol. The molecule has 0 radical (unpaired) electrons. The third-order valence-electron chi connectivity index (χ3n) is 3.29. The molecule has 0 spiro atoms. The van der Waals surface area contributed by atoms with Crippen LogP contribution >= 0.6 is 0 Å². The molecule has 2 rings (SSSR count). The first kappa shape index (κ1) is 14.8. The summed E-state index contributed by atoms with van der Waals surface area (Å²) in [5.41, 5.74) is 5.93. The zero-order valence-corrected chi connectivity index (χ0v) is 11.8. The van der Waals surface area contributed by atoms with Gasteiger partial charge in [0.1, 0.15) is 17.3 Å². The van der Waals surface area contributed by atoms with Crippen molar-refractivity contribution in [2.45, 2.75) is 19.9 Å². The maximum atomic E-state index is 14.1. The lowest BCUT2D eigenvalue weighted by Crippen LogP contribution is -2.14. The van der Waals surface area contributed by atoms with E-state index in [1.807, 2.05) is 0 Å². The summed E-state index contributed by atoms with van der Waals surface area (Å²) in [6.07, 6.45) is 0. The van der Waals surface area contributed by atoms with Gasteiger partial charge >= 0.3 is 5.69 Å². The Morgan fingerprint density at radius 3 is 2.71 bits per heavy atom. The lowest BCUT2D eigenvalue weighted by atomic mass is 10.1. The van der Waals surface area contributed by atoms with Gasteiger partial charge in [-0.2, -0.15) is 5.10 Å². The summed E-state index contributed by atoms with van der Waals surface area (Å²) in [4.78, 5) is 10.4. The molecule has 0 amide bonds. The van der Waals surface area contributed by atoms with Crippen LogP contribution in [0.2, 0.25) is 0 Å². The third kappa shape index (κ3) is 2.39. The van der Waals surface area contributed by atoms with Gasteiger partial charge in [0.25, 0.3) is 0 Å². The molecule has 0 aliphatic carbocycles. The van der Waals surface area contributed by atoms with Crippen LogP contribution in [-0.2, 0) is 0 Å². The van der Waals surface area contributed by atoms with E-state index in [-0.39, 0.29) is 22.8 Å². The topological polar surface area (TPSA) is 96.2 Å². The van der Waals surface area contributed by atoms with E-state index >= 15 is 0 Å². The maximum absolute atomic E-state index is 14.1. The number of nitrogens with zero attached hydrogens (tertiary/aromatic N) is 3. The molecule has 1 heterocycles. The summed E-state index contributed by atoms with van der Waals surface area (Å²) < 4.78 is 20.4. The fourth-order valence-corrected chi connectivity index (χ4v) is 2.30. The van der Waals surface area contributed by atoms with E-state index < -0.39 is 16.8 Å². The molecule has 0 aliphatic rings. The molecule has 0 bridgehead atoms. The highest BCUT2D eigenvalue weighted by Crippen LogP contribution is 2.34. The number of benzene rings is 1. The number of hydrogen-bond acceptors (Lipinski definition) is 5. The second kappa shape index (κ2) is 5.39. The minimum Gasteiger partial charge on any atom is -0.496 e. The number of hydrogen-bond donors (Lipinski definition) is 1. The molecular formula is C13H15FN4O3. The molecule has 112 valence electrons. The fraction of sp³-hybridized carbons (Fsp3) is 0.308. The van der Waals surface area contributed by atoms with Crippen LogP contribution in [0.15, 0.2) is 18.2 Å². The lowest BCUT2D eigenvalue weighted by Gasteiger charge is -2.17. The normalized spacial score (nSPS) is 12.2. The van der Waals surface area contributed by atoms with Crippen LogP contribution in [0.1, 0.15) is 24.2 Å². The largest absolute Gasteiger partial charge is 0.496 e. The summed E-state index contributed by atoms with van der Waals surface area (Å²) in [6.45, 7) is 3.13. The van der Waals surface area contributed by atoms with Gasteiger partial charge < -0.3 is 10.5 Å². The smallest absolute Gasteiger partial charge is 0.333 e. The Bertz CT molecular complexity index is 699. The van der Waals surface area contributed by atoms with E-state index in [0.29, 0.717) is 5.75 Å². The zero-order chi connectivity index (χ0) is 15.7. The molecule has 21 heavy (non-hydrogen) atoms. The van der Waals surface area contributed by atoms with Crippen LogP contribution < -0.4 is 10.5 Å². The van der Waals surface area contributed by atoms with Gasteiger partial charge in [-0.25, -0.2) is 9.07 Å². The number of aromatic nitrogens is 2. The molecule has 1 aromatic carbocycles. The minimum absolute atomic E-state index is 0.115. The number of nitrogen functional groups attached to an aromatic ring is 1. The Labute approximate surface area is 120 Å². The van der Waals surface area contributed by atoms with Gasteiger partial charge in [-0.15, -0.1) is 0 Å². The highest BCUT2D eigenvalue weighted by atomic mass is 19.1. The van der Waals surface area contributed by atoms with E-state index in [1.54, 1.807) is 13.0 Å². The van der Waals surface area contributed by atoms with Crippen molar-refractivity contribution in [2.75, 3.05) is 12.8 Å². The first-order valence-corrected chi connectivity index (χ1v) is 6.19. The van der Waals surface area contributed by atoms with Crippen molar-refractivity contribution < 1.29 is 14.1 Å². The molecule has 0 saturated carbocycles. The van der Waals surface area contributed by atoms with Gasteiger partial charge in [-0.1, -0.05) is 6.07 Å².